The molecule has 0 saturated heterocycles. The van der Waals surface area contributed by atoms with E-state index < -0.39 is 10.0 Å². The van der Waals surface area contributed by atoms with Gasteiger partial charge in [-0.15, -0.1) is 11.3 Å². The molecule has 1 N–H and O–H groups in total. The summed E-state index contributed by atoms with van der Waals surface area (Å²) in [6, 6.07) is 15.4. The second kappa shape index (κ2) is 7.65. The van der Waals surface area contributed by atoms with Gasteiger partial charge in [0.15, 0.2) is 0 Å². The minimum absolute atomic E-state index is 0.0246. The Kier molecular flexibility index (Phi) is 5.19. The van der Waals surface area contributed by atoms with Crippen LogP contribution in [0, 0.1) is 6.92 Å². The summed E-state index contributed by atoms with van der Waals surface area (Å²) in [6.07, 6.45) is 0.829. The van der Waals surface area contributed by atoms with Gasteiger partial charge in [0.05, 0.1) is 10.9 Å². The molecule has 0 spiro atoms. The first-order chi connectivity index (χ1) is 13.8. The lowest BCUT2D eigenvalue weighted by molar-refractivity contribution is 0.0679. The first-order valence-electron chi connectivity index (χ1n) is 9.42. The van der Waals surface area contributed by atoms with Crippen molar-refractivity contribution in [3.05, 3.63) is 81.5 Å². The molecule has 7 heteroatoms. The molecule has 1 amide bonds. The van der Waals surface area contributed by atoms with Gasteiger partial charge in [-0.2, -0.15) is 0 Å². The van der Waals surface area contributed by atoms with Gasteiger partial charge in [-0.3, -0.25) is 9.52 Å². The van der Waals surface area contributed by atoms with Crippen molar-refractivity contribution in [3.63, 3.8) is 0 Å². The van der Waals surface area contributed by atoms with Crippen LogP contribution in [0.15, 0.2) is 64.9 Å². The molecule has 0 saturated carbocycles. The summed E-state index contributed by atoms with van der Waals surface area (Å²) in [5, 5.41) is 2.05. The predicted molar refractivity (Wildman–Crippen MR) is 116 cm³/mol. The molecule has 1 aliphatic heterocycles. The van der Waals surface area contributed by atoms with Gasteiger partial charge < -0.3 is 4.90 Å². The molecule has 0 aliphatic carbocycles. The fourth-order valence-electron chi connectivity index (χ4n) is 3.58. The van der Waals surface area contributed by atoms with Crippen LogP contribution in [0.25, 0.3) is 0 Å². The lowest BCUT2D eigenvalue weighted by atomic mass is 10.0. The van der Waals surface area contributed by atoms with Gasteiger partial charge in [0, 0.05) is 22.7 Å². The third-order valence-electron chi connectivity index (χ3n) is 5.23. The van der Waals surface area contributed by atoms with Crippen LogP contribution in [0.4, 0.5) is 5.69 Å². The zero-order valence-corrected chi connectivity index (χ0v) is 17.9. The number of carbonyl (C=O) groups excluding carboxylic acids is 1. The lowest BCUT2D eigenvalue weighted by Gasteiger charge is -2.33. The average molecular weight is 427 g/mol. The standard InChI is InChI=1S/C22H22N2O3S2/c1-15-6-8-18(9-7-15)23-29(26,27)19-5-3-4-17(14-19)22(25)24-12-10-21-20(16(24)2)11-13-28-21/h3-9,11,13-14,16,23H,10,12H2,1-2H3/t16-/m1/s1. The number of anilines is 1. The number of fused-ring (bicyclic) bond motifs is 1. The zero-order chi connectivity index (χ0) is 20.6. The monoisotopic (exact) mass is 426 g/mol. The molecule has 1 atom stereocenters. The number of thiophene rings is 1. The second-order valence-electron chi connectivity index (χ2n) is 7.22. The number of aryl methyl sites for hydroxylation is 1. The summed E-state index contributed by atoms with van der Waals surface area (Å²) in [5.41, 5.74) is 3.09. The Morgan fingerprint density at radius 3 is 2.66 bits per heavy atom. The van der Waals surface area contributed by atoms with E-state index in [2.05, 4.69) is 16.2 Å². The van der Waals surface area contributed by atoms with Crippen LogP contribution in [0.2, 0.25) is 0 Å². The highest BCUT2D eigenvalue weighted by Gasteiger charge is 2.29. The van der Waals surface area contributed by atoms with Crippen LogP contribution >= 0.6 is 11.3 Å². The summed E-state index contributed by atoms with van der Waals surface area (Å²) in [4.78, 5) is 16.3. The Balaban J connectivity index is 1.58. The molecule has 3 aromatic rings. The largest absolute Gasteiger partial charge is 0.331 e. The second-order valence-corrected chi connectivity index (χ2v) is 9.91. The normalized spacial score (nSPS) is 16.3. The van der Waals surface area contributed by atoms with Gasteiger partial charge >= 0.3 is 0 Å². The first-order valence-corrected chi connectivity index (χ1v) is 11.8. The van der Waals surface area contributed by atoms with Crippen LogP contribution in [-0.2, 0) is 16.4 Å². The minimum Gasteiger partial charge on any atom is -0.331 e. The molecular weight excluding hydrogens is 404 g/mol. The number of nitrogens with one attached hydrogen (secondary N) is 1. The molecule has 5 nitrogen and oxygen atoms in total. The van der Waals surface area contributed by atoms with Crippen LogP contribution in [-0.4, -0.2) is 25.8 Å². The fourth-order valence-corrected chi connectivity index (χ4v) is 5.65. The van der Waals surface area contributed by atoms with Crippen LogP contribution < -0.4 is 4.72 Å². The van der Waals surface area contributed by atoms with Crippen molar-refractivity contribution in [2.45, 2.75) is 31.2 Å². The third-order valence-corrected chi connectivity index (χ3v) is 7.61. The third kappa shape index (κ3) is 3.93. The van der Waals surface area contributed by atoms with Crippen molar-refractivity contribution in [1.29, 1.82) is 0 Å². The molecule has 0 unspecified atom stereocenters. The Hall–Kier alpha value is -2.64. The van der Waals surface area contributed by atoms with Crippen molar-refractivity contribution >= 4 is 33.0 Å². The number of sulfonamides is 1. The number of hydrogen-bond donors (Lipinski definition) is 1. The minimum atomic E-state index is -3.79. The molecule has 1 aromatic heterocycles. The van der Waals surface area contributed by atoms with Gasteiger partial charge in [0.2, 0.25) is 0 Å². The van der Waals surface area contributed by atoms with Gasteiger partial charge in [0.25, 0.3) is 15.9 Å². The Bertz CT molecular complexity index is 1150. The topological polar surface area (TPSA) is 66.5 Å². The quantitative estimate of drug-likeness (QED) is 0.662. The van der Waals surface area contributed by atoms with E-state index in [0.717, 1.165) is 12.0 Å². The smallest absolute Gasteiger partial charge is 0.261 e. The van der Waals surface area contributed by atoms with E-state index in [0.29, 0.717) is 17.8 Å². The molecule has 2 aromatic carbocycles. The molecule has 4 rings (SSSR count). The highest BCUT2D eigenvalue weighted by molar-refractivity contribution is 7.92. The molecule has 2 heterocycles. The molecule has 150 valence electrons. The summed E-state index contributed by atoms with van der Waals surface area (Å²) in [6.45, 7) is 4.59. The Labute approximate surface area is 175 Å². The number of nitrogens with zero attached hydrogens (tertiary/aromatic N) is 1. The van der Waals surface area contributed by atoms with Crippen LogP contribution in [0.1, 0.15) is 39.3 Å². The number of amides is 1. The van der Waals surface area contributed by atoms with E-state index in [1.807, 2.05) is 30.9 Å². The Morgan fingerprint density at radius 1 is 1.14 bits per heavy atom. The molecule has 0 fully saturated rings. The Morgan fingerprint density at radius 2 is 1.90 bits per heavy atom. The maximum Gasteiger partial charge on any atom is 0.261 e. The van der Waals surface area contributed by atoms with Crippen LogP contribution in [0.3, 0.4) is 0 Å². The number of carbonyl (C=O) groups is 1. The maximum absolute atomic E-state index is 13.1. The number of rotatable bonds is 4. The van der Waals surface area contributed by atoms with E-state index in [1.54, 1.807) is 35.6 Å². The highest BCUT2D eigenvalue weighted by atomic mass is 32.2. The molecule has 29 heavy (non-hydrogen) atoms. The lowest BCUT2D eigenvalue weighted by Crippen LogP contribution is -2.38. The van der Waals surface area contributed by atoms with Gasteiger partial charge in [-0.05, 0) is 67.6 Å². The molecular formula is C22H22N2O3S2. The van der Waals surface area contributed by atoms with Crippen molar-refractivity contribution in [2.75, 3.05) is 11.3 Å². The number of benzene rings is 2. The average Bonchev–Trinajstić information content (AvgIpc) is 3.19. The van der Waals surface area contributed by atoms with E-state index in [4.69, 9.17) is 0 Å². The maximum atomic E-state index is 13.1. The fraction of sp³-hybridized carbons (Fsp3) is 0.227. The van der Waals surface area contributed by atoms with Crippen LogP contribution in [0.5, 0.6) is 0 Å². The summed E-state index contributed by atoms with van der Waals surface area (Å²) in [5.74, 6) is -0.151. The summed E-state index contributed by atoms with van der Waals surface area (Å²) < 4.78 is 28.2. The zero-order valence-electron chi connectivity index (χ0n) is 16.3. The molecule has 1 aliphatic rings. The van der Waals surface area contributed by atoms with Crippen molar-refractivity contribution in [3.8, 4) is 0 Å². The molecule has 0 bridgehead atoms. The predicted octanol–water partition coefficient (Wildman–Crippen LogP) is 4.62. The van der Waals surface area contributed by atoms with Crippen molar-refractivity contribution < 1.29 is 13.2 Å². The van der Waals surface area contributed by atoms with E-state index >= 15 is 0 Å². The number of hydrogen-bond acceptors (Lipinski definition) is 4. The van der Waals surface area contributed by atoms with Crippen molar-refractivity contribution in [1.82, 2.24) is 4.90 Å². The highest BCUT2D eigenvalue weighted by Crippen LogP contribution is 2.33. The van der Waals surface area contributed by atoms with E-state index in [1.165, 1.54) is 22.6 Å². The first kappa shape index (κ1) is 19.7. The van der Waals surface area contributed by atoms with E-state index in [-0.39, 0.29) is 16.8 Å². The molecule has 0 radical (unpaired) electrons. The van der Waals surface area contributed by atoms with Gasteiger partial charge in [-0.1, -0.05) is 23.8 Å². The SMILES string of the molecule is Cc1ccc(NS(=O)(=O)c2cccc(C(=O)N3CCc4sccc4[C@H]3C)c2)cc1. The van der Waals surface area contributed by atoms with Crippen molar-refractivity contribution in [2.24, 2.45) is 0 Å². The van der Waals surface area contributed by atoms with E-state index in [9.17, 15) is 13.2 Å². The summed E-state index contributed by atoms with van der Waals surface area (Å²) >= 11 is 1.72. The summed E-state index contributed by atoms with van der Waals surface area (Å²) in [7, 11) is -3.79. The van der Waals surface area contributed by atoms with Gasteiger partial charge in [-0.25, -0.2) is 8.42 Å². The van der Waals surface area contributed by atoms with Gasteiger partial charge in [0.1, 0.15) is 0 Å².